The Morgan fingerprint density at radius 2 is 0.534 bits per heavy atom. The van der Waals surface area contributed by atoms with Gasteiger partial charge < -0.3 is 14.2 Å². The molecule has 73 heavy (non-hydrogen) atoms. The van der Waals surface area contributed by atoms with E-state index in [0.29, 0.717) is 19.3 Å². The van der Waals surface area contributed by atoms with Crippen LogP contribution in [0.15, 0.2) is 97.2 Å². The second kappa shape index (κ2) is 60.9. The molecule has 0 saturated carbocycles. The number of carbonyl (C=O) groups excluding carboxylic acids is 3. The number of rotatable bonds is 55. The van der Waals surface area contributed by atoms with Gasteiger partial charge in [0.15, 0.2) is 6.10 Å². The maximum atomic E-state index is 12.9. The van der Waals surface area contributed by atoms with Crippen LogP contribution in [0, 0.1) is 0 Å². The van der Waals surface area contributed by atoms with Crippen molar-refractivity contribution in [3.63, 3.8) is 0 Å². The van der Waals surface area contributed by atoms with Crippen LogP contribution < -0.4 is 0 Å². The number of carbonyl (C=O) groups is 3. The lowest BCUT2D eigenvalue weighted by molar-refractivity contribution is -0.167. The largest absolute Gasteiger partial charge is 0.462 e. The van der Waals surface area contributed by atoms with Gasteiger partial charge in [-0.3, -0.25) is 14.4 Å². The fraction of sp³-hybridized carbons (Fsp3) is 0.716. The van der Waals surface area contributed by atoms with Crippen molar-refractivity contribution in [2.45, 2.75) is 297 Å². The normalized spacial score (nSPS) is 12.8. The maximum Gasteiger partial charge on any atom is 0.306 e. The smallest absolute Gasteiger partial charge is 0.306 e. The molecular formula is C67H114O6. The highest BCUT2D eigenvalue weighted by Crippen LogP contribution is 2.16. The SMILES string of the molecule is CC/C=C\C/C=C\C/C=C\C/C=C\C/C=C\CCCCCC(=O)OC[C@@H](COC(=O)CCCCCCCCCCCCCCCCCCC)OC(=O)CCCCCCCC/C=C\C/C=C\C/C=C\CCCCC. The standard InChI is InChI=1S/C67H114O6/c1-4-7-10-13-16-19-22-25-28-31-33-36-39-42-45-48-51-54-57-60-66(69)72-63-64(62-71-65(68)59-56-53-50-47-44-41-38-35-30-27-24-21-18-15-12-9-6-3)73-67(70)61-58-55-52-49-46-43-40-37-34-32-29-26-23-20-17-14-11-8-5-2/h7,10,16-17,19-20,25-26,28-29,33-34,36-37,42,45,64H,4-6,8-9,11-15,18,21-24,27,30-32,35,38-41,43-44,46-63H2,1-3H3/b10-7-,19-16-,20-17-,28-25-,29-26-,36-33-,37-34-,45-42-/t64-/m1/s1. The first kappa shape index (κ1) is 69.3. The Morgan fingerprint density at radius 1 is 0.288 bits per heavy atom. The predicted molar refractivity (Wildman–Crippen MR) is 316 cm³/mol. The van der Waals surface area contributed by atoms with Gasteiger partial charge >= 0.3 is 17.9 Å². The summed E-state index contributed by atoms with van der Waals surface area (Å²) >= 11 is 0. The quantitative estimate of drug-likeness (QED) is 0.0261. The van der Waals surface area contributed by atoms with Crippen LogP contribution >= 0.6 is 0 Å². The van der Waals surface area contributed by atoms with E-state index in [1.165, 1.54) is 128 Å². The molecule has 0 radical (unpaired) electrons. The summed E-state index contributed by atoms with van der Waals surface area (Å²) in [5.41, 5.74) is 0. The molecule has 0 N–H and O–H groups in total. The van der Waals surface area contributed by atoms with E-state index in [1.807, 2.05) is 0 Å². The highest BCUT2D eigenvalue weighted by atomic mass is 16.6. The molecule has 0 saturated heterocycles. The minimum absolute atomic E-state index is 0.0919. The summed E-state index contributed by atoms with van der Waals surface area (Å²) in [6, 6.07) is 0. The Morgan fingerprint density at radius 3 is 0.877 bits per heavy atom. The van der Waals surface area contributed by atoms with E-state index in [1.54, 1.807) is 0 Å². The lowest BCUT2D eigenvalue weighted by Crippen LogP contribution is -2.30. The molecule has 1 atom stereocenters. The van der Waals surface area contributed by atoms with Crippen molar-refractivity contribution in [3.8, 4) is 0 Å². The summed E-state index contributed by atoms with van der Waals surface area (Å²) in [6.07, 6.45) is 81.1. The Balaban J connectivity index is 4.47. The average molecular weight is 1020 g/mol. The molecular weight excluding hydrogens is 901 g/mol. The topological polar surface area (TPSA) is 78.9 Å². The fourth-order valence-corrected chi connectivity index (χ4v) is 8.48. The second-order valence-corrected chi connectivity index (χ2v) is 20.2. The van der Waals surface area contributed by atoms with Gasteiger partial charge in [-0.15, -0.1) is 0 Å². The molecule has 418 valence electrons. The van der Waals surface area contributed by atoms with Gasteiger partial charge in [0.25, 0.3) is 0 Å². The van der Waals surface area contributed by atoms with Crippen LogP contribution in [0.3, 0.4) is 0 Å². The van der Waals surface area contributed by atoms with Crippen molar-refractivity contribution >= 4 is 17.9 Å². The zero-order valence-electron chi connectivity index (χ0n) is 47.9. The Labute approximate surface area is 451 Å². The molecule has 0 aliphatic rings. The van der Waals surface area contributed by atoms with Crippen LogP contribution in [0.4, 0.5) is 0 Å². The molecule has 0 aromatic rings. The van der Waals surface area contributed by atoms with Crippen molar-refractivity contribution in [2.24, 2.45) is 0 Å². The molecule has 0 fully saturated rings. The average Bonchev–Trinajstić information content (AvgIpc) is 3.39. The third kappa shape index (κ3) is 59.1. The Hall–Kier alpha value is -3.67. The first-order valence-electron chi connectivity index (χ1n) is 30.7. The number of esters is 3. The van der Waals surface area contributed by atoms with Gasteiger partial charge in [-0.25, -0.2) is 0 Å². The summed E-state index contributed by atoms with van der Waals surface area (Å²) in [5.74, 6) is -0.929. The van der Waals surface area contributed by atoms with E-state index in [2.05, 4.69) is 118 Å². The lowest BCUT2D eigenvalue weighted by Gasteiger charge is -2.18. The van der Waals surface area contributed by atoms with E-state index in [-0.39, 0.29) is 31.1 Å². The zero-order valence-corrected chi connectivity index (χ0v) is 47.9. The van der Waals surface area contributed by atoms with Gasteiger partial charge in [0.1, 0.15) is 13.2 Å². The molecule has 0 bridgehead atoms. The van der Waals surface area contributed by atoms with Crippen LogP contribution in [0.1, 0.15) is 290 Å². The maximum absolute atomic E-state index is 12.9. The number of ether oxygens (including phenoxy) is 3. The van der Waals surface area contributed by atoms with Crippen LogP contribution in [-0.2, 0) is 28.6 Å². The van der Waals surface area contributed by atoms with Gasteiger partial charge in [-0.2, -0.15) is 0 Å². The van der Waals surface area contributed by atoms with Crippen molar-refractivity contribution in [2.75, 3.05) is 13.2 Å². The van der Waals surface area contributed by atoms with Crippen molar-refractivity contribution in [3.05, 3.63) is 97.2 Å². The number of hydrogen-bond donors (Lipinski definition) is 0. The van der Waals surface area contributed by atoms with Crippen molar-refractivity contribution < 1.29 is 28.6 Å². The predicted octanol–water partition coefficient (Wildman–Crippen LogP) is 20.9. The minimum atomic E-state index is -0.799. The molecule has 6 heteroatoms. The molecule has 0 rings (SSSR count). The van der Waals surface area contributed by atoms with Crippen LogP contribution in [0.5, 0.6) is 0 Å². The number of allylic oxidation sites excluding steroid dienone is 16. The van der Waals surface area contributed by atoms with Crippen molar-refractivity contribution in [1.82, 2.24) is 0 Å². The van der Waals surface area contributed by atoms with Crippen LogP contribution in [0.25, 0.3) is 0 Å². The Bertz CT molecular complexity index is 1440. The molecule has 0 aromatic heterocycles. The van der Waals surface area contributed by atoms with Gasteiger partial charge in [-0.05, 0) is 103 Å². The highest BCUT2D eigenvalue weighted by molar-refractivity contribution is 5.71. The summed E-state index contributed by atoms with van der Waals surface area (Å²) in [4.78, 5) is 38.3. The fourth-order valence-electron chi connectivity index (χ4n) is 8.48. The van der Waals surface area contributed by atoms with E-state index < -0.39 is 6.10 Å². The van der Waals surface area contributed by atoms with Crippen molar-refractivity contribution in [1.29, 1.82) is 0 Å². The number of unbranched alkanes of at least 4 members (excludes halogenated alkanes) is 28. The summed E-state index contributed by atoms with van der Waals surface area (Å²) in [7, 11) is 0. The van der Waals surface area contributed by atoms with E-state index in [0.717, 1.165) is 122 Å². The summed E-state index contributed by atoms with van der Waals surface area (Å²) in [5, 5.41) is 0. The molecule has 0 aliphatic heterocycles. The molecule has 0 aromatic carbocycles. The van der Waals surface area contributed by atoms with Gasteiger partial charge in [0, 0.05) is 19.3 Å². The molecule has 0 amide bonds. The van der Waals surface area contributed by atoms with Crippen LogP contribution in [0.2, 0.25) is 0 Å². The van der Waals surface area contributed by atoms with Crippen LogP contribution in [-0.4, -0.2) is 37.2 Å². The summed E-state index contributed by atoms with van der Waals surface area (Å²) < 4.78 is 16.9. The van der Waals surface area contributed by atoms with Gasteiger partial charge in [0.2, 0.25) is 0 Å². The first-order valence-corrected chi connectivity index (χ1v) is 30.7. The minimum Gasteiger partial charge on any atom is -0.462 e. The molecule has 0 spiro atoms. The third-order valence-electron chi connectivity index (χ3n) is 13.1. The number of hydrogen-bond acceptors (Lipinski definition) is 6. The molecule has 0 aliphatic carbocycles. The highest BCUT2D eigenvalue weighted by Gasteiger charge is 2.19. The van der Waals surface area contributed by atoms with Gasteiger partial charge in [0.05, 0.1) is 0 Å². The first-order chi connectivity index (χ1) is 36.0. The van der Waals surface area contributed by atoms with E-state index in [9.17, 15) is 14.4 Å². The monoisotopic (exact) mass is 1010 g/mol. The lowest BCUT2D eigenvalue weighted by atomic mass is 10.0. The van der Waals surface area contributed by atoms with Gasteiger partial charge in [-0.1, -0.05) is 266 Å². The summed E-state index contributed by atoms with van der Waals surface area (Å²) in [6.45, 7) is 6.49. The second-order valence-electron chi connectivity index (χ2n) is 20.2. The molecule has 6 nitrogen and oxygen atoms in total. The molecule has 0 unspecified atom stereocenters. The third-order valence-corrected chi connectivity index (χ3v) is 13.1. The van der Waals surface area contributed by atoms with E-state index in [4.69, 9.17) is 14.2 Å². The van der Waals surface area contributed by atoms with E-state index >= 15 is 0 Å². The molecule has 0 heterocycles. The zero-order chi connectivity index (χ0) is 52.9. The Kier molecular flexibility index (Phi) is 57.8.